The molecule has 0 fully saturated rings. The molecular formula is C11H14N2O. The summed E-state index contributed by atoms with van der Waals surface area (Å²) >= 11 is 0. The highest BCUT2D eigenvalue weighted by Crippen LogP contribution is 1.99. The van der Waals surface area contributed by atoms with Gasteiger partial charge in [0.15, 0.2) is 0 Å². The van der Waals surface area contributed by atoms with E-state index in [1.807, 2.05) is 42.5 Å². The molecule has 1 amide bonds. The fourth-order valence-corrected chi connectivity index (χ4v) is 0.994. The molecule has 74 valence electrons. The lowest BCUT2D eigenvalue weighted by atomic mass is 10.2. The van der Waals surface area contributed by atoms with Gasteiger partial charge in [-0.1, -0.05) is 42.5 Å². The molecule has 0 bridgehead atoms. The zero-order valence-electron chi connectivity index (χ0n) is 8.16. The minimum atomic E-state index is -0.0851. The molecule has 3 nitrogen and oxygen atoms in total. The van der Waals surface area contributed by atoms with E-state index in [-0.39, 0.29) is 5.91 Å². The van der Waals surface area contributed by atoms with Gasteiger partial charge in [-0.25, -0.2) is 5.43 Å². The van der Waals surface area contributed by atoms with Crippen LogP contribution in [0.2, 0.25) is 0 Å². The summed E-state index contributed by atoms with van der Waals surface area (Å²) in [6.07, 6.45) is 3.94. The molecule has 2 N–H and O–H groups in total. The summed E-state index contributed by atoms with van der Waals surface area (Å²) in [7, 11) is 0. The van der Waals surface area contributed by atoms with Crippen LogP contribution in [0.4, 0.5) is 0 Å². The van der Waals surface area contributed by atoms with Crippen molar-refractivity contribution in [3.8, 4) is 0 Å². The van der Waals surface area contributed by atoms with E-state index in [9.17, 15) is 4.79 Å². The van der Waals surface area contributed by atoms with Crippen molar-refractivity contribution in [3.05, 3.63) is 42.0 Å². The third kappa shape index (κ3) is 4.42. The first kappa shape index (κ1) is 10.5. The molecule has 0 spiro atoms. The summed E-state index contributed by atoms with van der Waals surface area (Å²) in [5.74, 6) is -0.0851. The lowest BCUT2D eigenvalue weighted by Crippen LogP contribution is -2.35. The highest BCUT2D eigenvalue weighted by molar-refractivity contribution is 5.72. The molecule has 1 rings (SSSR count). The second-order valence-corrected chi connectivity index (χ2v) is 2.88. The van der Waals surface area contributed by atoms with Crippen LogP contribution in [0, 0.1) is 0 Å². The Balaban J connectivity index is 2.25. The molecule has 0 atom stereocenters. The lowest BCUT2D eigenvalue weighted by molar-refractivity contribution is -0.119. The van der Waals surface area contributed by atoms with Crippen molar-refractivity contribution in [1.82, 2.24) is 10.9 Å². The number of carbonyl (C=O) groups excluding carboxylic acids is 1. The van der Waals surface area contributed by atoms with Crippen LogP contribution in [0.15, 0.2) is 36.4 Å². The first-order valence-electron chi connectivity index (χ1n) is 4.50. The summed E-state index contributed by atoms with van der Waals surface area (Å²) in [5.41, 5.74) is 6.41. The number of amides is 1. The van der Waals surface area contributed by atoms with Crippen molar-refractivity contribution in [3.63, 3.8) is 0 Å². The maximum atomic E-state index is 10.5. The molecule has 0 radical (unpaired) electrons. The fourth-order valence-electron chi connectivity index (χ4n) is 0.994. The van der Waals surface area contributed by atoms with Gasteiger partial charge in [0.2, 0.25) is 5.91 Å². The van der Waals surface area contributed by atoms with Crippen LogP contribution in [0.5, 0.6) is 0 Å². The predicted octanol–water partition coefficient (Wildman–Crippen LogP) is 1.34. The van der Waals surface area contributed by atoms with Gasteiger partial charge < -0.3 is 0 Å². The molecule has 1 aromatic rings. The Labute approximate surface area is 83.8 Å². The molecule has 3 heteroatoms. The predicted molar refractivity (Wildman–Crippen MR) is 57.3 cm³/mol. The number of rotatable bonds is 4. The van der Waals surface area contributed by atoms with Crippen LogP contribution in [0.1, 0.15) is 12.5 Å². The Kier molecular flexibility index (Phi) is 4.44. The summed E-state index contributed by atoms with van der Waals surface area (Å²) < 4.78 is 0. The average molecular weight is 190 g/mol. The number of hydrogen-bond acceptors (Lipinski definition) is 2. The van der Waals surface area contributed by atoms with Crippen LogP contribution in [-0.4, -0.2) is 12.5 Å². The van der Waals surface area contributed by atoms with E-state index in [4.69, 9.17) is 0 Å². The highest BCUT2D eigenvalue weighted by Gasteiger charge is 1.85. The Morgan fingerprint density at radius 2 is 2.07 bits per heavy atom. The average Bonchev–Trinajstić information content (AvgIpc) is 2.18. The normalized spacial score (nSPS) is 10.4. The van der Waals surface area contributed by atoms with Crippen LogP contribution < -0.4 is 10.9 Å². The number of hydrazine groups is 1. The van der Waals surface area contributed by atoms with Crippen molar-refractivity contribution in [2.24, 2.45) is 0 Å². The van der Waals surface area contributed by atoms with Gasteiger partial charge in [0, 0.05) is 13.5 Å². The van der Waals surface area contributed by atoms with E-state index >= 15 is 0 Å². The molecule has 14 heavy (non-hydrogen) atoms. The Morgan fingerprint density at radius 3 is 2.71 bits per heavy atom. The molecule has 0 aliphatic carbocycles. The summed E-state index contributed by atoms with van der Waals surface area (Å²) in [5, 5.41) is 0. The van der Waals surface area contributed by atoms with Crippen molar-refractivity contribution in [1.29, 1.82) is 0 Å². The summed E-state index contributed by atoms with van der Waals surface area (Å²) in [6.45, 7) is 2.09. The minimum Gasteiger partial charge on any atom is -0.292 e. The topological polar surface area (TPSA) is 41.1 Å². The zero-order chi connectivity index (χ0) is 10.2. The SMILES string of the molecule is CC(=O)NNCC=Cc1ccccc1. The Bertz CT molecular complexity index is 306. The molecule has 0 saturated heterocycles. The Morgan fingerprint density at radius 1 is 1.36 bits per heavy atom. The van der Waals surface area contributed by atoms with E-state index < -0.39 is 0 Å². The van der Waals surface area contributed by atoms with Gasteiger partial charge in [-0.05, 0) is 5.56 Å². The summed E-state index contributed by atoms with van der Waals surface area (Å²) in [4.78, 5) is 10.5. The first-order chi connectivity index (χ1) is 6.79. The second kappa shape index (κ2) is 5.94. The van der Waals surface area contributed by atoms with Crippen molar-refractivity contribution >= 4 is 12.0 Å². The number of nitrogens with one attached hydrogen (secondary N) is 2. The first-order valence-corrected chi connectivity index (χ1v) is 4.50. The molecule has 0 heterocycles. The second-order valence-electron chi connectivity index (χ2n) is 2.88. The van der Waals surface area contributed by atoms with Gasteiger partial charge in [-0.3, -0.25) is 10.2 Å². The summed E-state index contributed by atoms with van der Waals surface area (Å²) in [6, 6.07) is 10.00. The van der Waals surface area contributed by atoms with Crippen LogP contribution in [-0.2, 0) is 4.79 Å². The quantitative estimate of drug-likeness (QED) is 0.555. The van der Waals surface area contributed by atoms with Crippen molar-refractivity contribution in [2.45, 2.75) is 6.92 Å². The van der Waals surface area contributed by atoms with Crippen molar-refractivity contribution in [2.75, 3.05) is 6.54 Å². The minimum absolute atomic E-state index is 0.0851. The van der Waals surface area contributed by atoms with Gasteiger partial charge in [-0.2, -0.15) is 0 Å². The molecule has 0 aliphatic rings. The number of benzene rings is 1. The lowest BCUT2D eigenvalue weighted by Gasteiger charge is -1.99. The van der Waals surface area contributed by atoms with Gasteiger partial charge in [0.25, 0.3) is 0 Å². The third-order valence-electron chi connectivity index (χ3n) is 1.59. The molecule has 0 aliphatic heterocycles. The van der Waals surface area contributed by atoms with Crippen LogP contribution in [0.3, 0.4) is 0 Å². The Hall–Kier alpha value is -1.61. The van der Waals surface area contributed by atoms with E-state index in [0.717, 1.165) is 5.56 Å². The largest absolute Gasteiger partial charge is 0.292 e. The van der Waals surface area contributed by atoms with E-state index in [1.54, 1.807) is 0 Å². The van der Waals surface area contributed by atoms with Crippen molar-refractivity contribution < 1.29 is 4.79 Å². The van der Waals surface area contributed by atoms with Gasteiger partial charge in [0.05, 0.1) is 0 Å². The molecular weight excluding hydrogens is 176 g/mol. The van der Waals surface area contributed by atoms with Gasteiger partial charge >= 0.3 is 0 Å². The molecule has 0 aromatic heterocycles. The van der Waals surface area contributed by atoms with E-state index in [1.165, 1.54) is 6.92 Å². The smallest absolute Gasteiger partial charge is 0.230 e. The van der Waals surface area contributed by atoms with E-state index in [0.29, 0.717) is 6.54 Å². The standard InChI is InChI=1S/C11H14N2O/c1-10(14)13-12-9-5-8-11-6-3-2-4-7-11/h2-8,12H,9H2,1H3,(H,13,14). The molecule has 0 unspecified atom stereocenters. The number of hydrogen-bond donors (Lipinski definition) is 2. The maximum absolute atomic E-state index is 10.5. The van der Waals surface area contributed by atoms with Gasteiger partial charge in [0.1, 0.15) is 0 Å². The van der Waals surface area contributed by atoms with Gasteiger partial charge in [-0.15, -0.1) is 0 Å². The number of carbonyl (C=O) groups is 1. The van der Waals surface area contributed by atoms with Crippen LogP contribution in [0.25, 0.3) is 6.08 Å². The highest BCUT2D eigenvalue weighted by atomic mass is 16.2. The molecule has 0 saturated carbocycles. The molecule has 1 aromatic carbocycles. The van der Waals surface area contributed by atoms with E-state index in [2.05, 4.69) is 10.9 Å². The maximum Gasteiger partial charge on any atom is 0.230 e. The fraction of sp³-hybridized carbons (Fsp3) is 0.182. The monoisotopic (exact) mass is 190 g/mol. The third-order valence-corrected chi connectivity index (χ3v) is 1.59. The van der Waals surface area contributed by atoms with Crippen LogP contribution >= 0.6 is 0 Å². The zero-order valence-corrected chi connectivity index (χ0v) is 8.16.